The van der Waals surface area contributed by atoms with E-state index in [4.69, 9.17) is 10.5 Å². The van der Waals surface area contributed by atoms with E-state index in [9.17, 15) is 13.2 Å². The number of pyridine rings is 1. The van der Waals surface area contributed by atoms with Gasteiger partial charge in [0.25, 0.3) is 5.91 Å². The number of nitrogens with two attached hydrogens (primary N) is 1. The molecule has 1 saturated heterocycles. The average molecular weight is 497 g/mol. The van der Waals surface area contributed by atoms with E-state index in [2.05, 4.69) is 25.2 Å². The van der Waals surface area contributed by atoms with Gasteiger partial charge in [-0.25, -0.2) is 18.1 Å². The van der Waals surface area contributed by atoms with E-state index in [1.165, 1.54) is 19.3 Å². The van der Waals surface area contributed by atoms with Gasteiger partial charge < -0.3 is 26.0 Å². The lowest BCUT2D eigenvalue weighted by Gasteiger charge is -2.28. The van der Waals surface area contributed by atoms with Gasteiger partial charge >= 0.3 is 0 Å². The van der Waals surface area contributed by atoms with Crippen molar-refractivity contribution in [2.24, 2.45) is 5.73 Å². The van der Waals surface area contributed by atoms with Gasteiger partial charge in [0, 0.05) is 43.3 Å². The first kappa shape index (κ1) is 24.5. The average Bonchev–Trinajstić information content (AvgIpc) is 2.88. The van der Waals surface area contributed by atoms with Gasteiger partial charge in [0.05, 0.1) is 29.4 Å². The Labute approximate surface area is 204 Å². The monoisotopic (exact) mass is 496 g/mol. The van der Waals surface area contributed by atoms with Crippen LogP contribution in [0.2, 0.25) is 0 Å². The van der Waals surface area contributed by atoms with Crippen LogP contribution in [0, 0.1) is 0 Å². The van der Waals surface area contributed by atoms with Gasteiger partial charge in [0.1, 0.15) is 5.82 Å². The quantitative estimate of drug-likeness (QED) is 0.354. The number of amides is 1. The summed E-state index contributed by atoms with van der Waals surface area (Å²) in [5, 5.41) is 6.41. The van der Waals surface area contributed by atoms with Crippen LogP contribution in [0.1, 0.15) is 15.9 Å². The molecule has 1 aromatic heterocycles. The summed E-state index contributed by atoms with van der Waals surface area (Å²) in [6, 6.07) is 16.3. The van der Waals surface area contributed by atoms with E-state index in [0.717, 1.165) is 43.2 Å². The Balaban J connectivity index is 1.49. The minimum atomic E-state index is -3.56. The zero-order chi connectivity index (χ0) is 24.8. The van der Waals surface area contributed by atoms with Gasteiger partial charge in [-0.05, 0) is 49.0 Å². The van der Waals surface area contributed by atoms with Crippen molar-refractivity contribution in [3.63, 3.8) is 0 Å². The standard InChI is InChI=1S/C24H28N6O4S/c1-26-35(32,33)20-4-2-3-17(13-20)15-27-22-14-23(28-16-21(22)24(25)31)29-18-5-7-19(8-6-18)30-9-11-34-12-10-30/h2-8,13-14,16,26H,9-12,15H2,1H3,(H2,25,31)(H2,27,28,29). The molecular weight excluding hydrogens is 468 g/mol. The van der Waals surface area contributed by atoms with Crippen LogP contribution in [0.5, 0.6) is 0 Å². The second kappa shape index (κ2) is 10.7. The normalized spacial score (nSPS) is 13.9. The number of sulfonamides is 1. The summed E-state index contributed by atoms with van der Waals surface area (Å²) in [7, 11) is -2.20. The van der Waals surface area contributed by atoms with Crippen LogP contribution < -0.4 is 26.0 Å². The van der Waals surface area contributed by atoms with Crippen LogP contribution in [0.15, 0.2) is 65.7 Å². The summed E-state index contributed by atoms with van der Waals surface area (Å²) in [4.78, 5) is 18.7. The van der Waals surface area contributed by atoms with Crippen molar-refractivity contribution in [1.29, 1.82) is 0 Å². The summed E-state index contributed by atoms with van der Waals surface area (Å²) in [6.07, 6.45) is 1.41. The summed E-state index contributed by atoms with van der Waals surface area (Å²) in [5.41, 5.74) is 8.95. The molecular formula is C24H28N6O4S. The summed E-state index contributed by atoms with van der Waals surface area (Å²) in [6.45, 7) is 3.46. The maximum atomic E-state index is 12.1. The van der Waals surface area contributed by atoms with E-state index >= 15 is 0 Å². The van der Waals surface area contributed by atoms with Gasteiger partial charge in [-0.1, -0.05) is 12.1 Å². The molecule has 11 heteroatoms. The van der Waals surface area contributed by atoms with Crippen LogP contribution in [0.4, 0.5) is 22.9 Å². The second-order valence-corrected chi connectivity index (χ2v) is 9.85. The van der Waals surface area contributed by atoms with Crippen molar-refractivity contribution in [3.05, 3.63) is 71.9 Å². The zero-order valence-corrected chi connectivity index (χ0v) is 20.1. The largest absolute Gasteiger partial charge is 0.380 e. The fourth-order valence-corrected chi connectivity index (χ4v) is 4.53. The topological polar surface area (TPSA) is 139 Å². The van der Waals surface area contributed by atoms with E-state index in [1.54, 1.807) is 24.3 Å². The number of carbonyl (C=O) groups excluding carboxylic acids is 1. The Hall–Kier alpha value is -3.67. The number of benzene rings is 2. The molecule has 0 atom stereocenters. The number of carbonyl (C=O) groups is 1. The minimum absolute atomic E-state index is 0.159. The fourth-order valence-electron chi connectivity index (χ4n) is 3.73. The summed E-state index contributed by atoms with van der Waals surface area (Å²) in [5.74, 6) is -0.0870. The molecule has 0 radical (unpaired) electrons. The Bertz CT molecular complexity index is 1290. The number of nitrogens with zero attached hydrogens (tertiary/aromatic N) is 2. The molecule has 0 unspecified atom stereocenters. The highest BCUT2D eigenvalue weighted by atomic mass is 32.2. The van der Waals surface area contributed by atoms with Crippen molar-refractivity contribution in [1.82, 2.24) is 9.71 Å². The molecule has 4 rings (SSSR count). The lowest BCUT2D eigenvalue weighted by Crippen LogP contribution is -2.36. The SMILES string of the molecule is CNS(=O)(=O)c1cccc(CNc2cc(Nc3ccc(N4CCOCC4)cc3)ncc2C(N)=O)c1. The Morgan fingerprint density at radius 2 is 1.86 bits per heavy atom. The molecule has 184 valence electrons. The lowest BCUT2D eigenvalue weighted by atomic mass is 10.2. The second-order valence-electron chi connectivity index (χ2n) is 7.96. The molecule has 2 aromatic carbocycles. The van der Waals surface area contributed by atoms with Crippen LogP contribution in [-0.2, 0) is 21.3 Å². The van der Waals surface area contributed by atoms with Gasteiger partial charge in [-0.2, -0.15) is 0 Å². The Kier molecular flexibility index (Phi) is 7.49. The first-order valence-corrected chi connectivity index (χ1v) is 12.6. The van der Waals surface area contributed by atoms with Crippen LogP contribution >= 0.6 is 0 Å². The van der Waals surface area contributed by atoms with Crippen molar-refractivity contribution in [2.75, 3.05) is 48.9 Å². The Morgan fingerprint density at radius 1 is 1.11 bits per heavy atom. The Morgan fingerprint density at radius 3 is 2.54 bits per heavy atom. The van der Waals surface area contributed by atoms with Crippen molar-refractivity contribution in [2.45, 2.75) is 11.4 Å². The van der Waals surface area contributed by atoms with E-state index < -0.39 is 15.9 Å². The molecule has 1 aliphatic rings. The molecule has 10 nitrogen and oxygen atoms in total. The van der Waals surface area contributed by atoms with E-state index in [-0.39, 0.29) is 17.0 Å². The molecule has 2 heterocycles. The van der Waals surface area contributed by atoms with E-state index in [0.29, 0.717) is 11.5 Å². The lowest BCUT2D eigenvalue weighted by molar-refractivity contribution is 0.100. The number of ether oxygens (including phenoxy) is 1. The van der Waals surface area contributed by atoms with Gasteiger partial charge in [0.2, 0.25) is 10.0 Å². The van der Waals surface area contributed by atoms with Crippen LogP contribution in [-0.4, -0.2) is 52.7 Å². The molecule has 35 heavy (non-hydrogen) atoms. The third kappa shape index (κ3) is 6.07. The fraction of sp³-hybridized carbons (Fsp3) is 0.250. The molecule has 1 amide bonds. The number of morpholine rings is 1. The first-order valence-electron chi connectivity index (χ1n) is 11.1. The maximum absolute atomic E-state index is 12.1. The maximum Gasteiger partial charge on any atom is 0.252 e. The van der Waals surface area contributed by atoms with Gasteiger partial charge in [-0.3, -0.25) is 4.79 Å². The molecule has 3 aromatic rings. The third-order valence-electron chi connectivity index (χ3n) is 5.65. The highest BCUT2D eigenvalue weighted by molar-refractivity contribution is 7.89. The molecule has 0 spiro atoms. The molecule has 0 bridgehead atoms. The highest BCUT2D eigenvalue weighted by Gasteiger charge is 2.14. The number of nitrogens with one attached hydrogen (secondary N) is 3. The van der Waals surface area contributed by atoms with Crippen molar-refractivity contribution < 1.29 is 17.9 Å². The highest BCUT2D eigenvalue weighted by Crippen LogP contribution is 2.25. The molecule has 5 N–H and O–H groups in total. The smallest absolute Gasteiger partial charge is 0.252 e. The number of hydrogen-bond acceptors (Lipinski definition) is 8. The number of rotatable bonds is 9. The van der Waals surface area contributed by atoms with Crippen molar-refractivity contribution >= 4 is 38.8 Å². The number of hydrogen-bond donors (Lipinski definition) is 4. The third-order valence-corrected chi connectivity index (χ3v) is 7.06. The number of primary amides is 1. The predicted octanol–water partition coefficient (Wildman–Crippen LogP) is 2.28. The predicted molar refractivity (Wildman–Crippen MR) is 136 cm³/mol. The van der Waals surface area contributed by atoms with Gasteiger partial charge in [-0.15, -0.1) is 0 Å². The minimum Gasteiger partial charge on any atom is -0.380 e. The van der Waals surface area contributed by atoms with Gasteiger partial charge in [0.15, 0.2) is 0 Å². The summed E-state index contributed by atoms with van der Waals surface area (Å²) < 4.78 is 31.9. The molecule has 1 fully saturated rings. The number of aromatic nitrogens is 1. The summed E-state index contributed by atoms with van der Waals surface area (Å²) >= 11 is 0. The van der Waals surface area contributed by atoms with Crippen LogP contribution in [0.3, 0.4) is 0 Å². The van der Waals surface area contributed by atoms with Crippen molar-refractivity contribution in [3.8, 4) is 0 Å². The first-order chi connectivity index (χ1) is 16.9. The molecule has 1 aliphatic heterocycles. The number of anilines is 4. The molecule has 0 saturated carbocycles. The zero-order valence-electron chi connectivity index (χ0n) is 19.3. The molecule has 0 aliphatic carbocycles. The van der Waals surface area contributed by atoms with E-state index in [1.807, 2.05) is 24.3 Å². The van der Waals surface area contributed by atoms with Crippen LogP contribution in [0.25, 0.3) is 0 Å².